The maximum atomic E-state index is 13.0. The lowest BCUT2D eigenvalue weighted by atomic mass is 10.2. The number of rotatable bonds is 4. The molecule has 0 aliphatic heterocycles. The number of carbonyl (C=O) groups is 1. The average molecular weight is 376 g/mol. The monoisotopic (exact) mass is 376 g/mol. The first-order valence-corrected chi connectivity index (χ1v) is 9.10. The molecule has 1 heterocycles. The highest BCUT2D eigenvalue weighted by Crippen LogP contribution is 2.31. The second-order valence-corrected chi connectivity index (χ2v) is 7.42. The van der Waals surface area contributed by atoms with Crippen LogP contribution in [-0.4, -0.2) is 16.7 Å². The van der Waals surface area contributed by atoms with E-state index in [2.05, 4.69) is 4.98 Å². The van der Waals surface area contributed by atoms with Crippen molar-refractivity contribution in [3.8, 4) is 11.5 Å². The summed E-state index contributed by atoms with van der Waals surface area (Å²) in [6.45, 7) is 7.46. The molecule has 0 spiro atoms. The van der Waals surface area contributed by atoms with Crippen LogP contribution >= 0.6 is 0 Å². The van der Waals surface area contributed by atoms with Crippen LogP contribution in [0.15, 0.2) is 72.9 Å². The fourth-order valence-corrected chi connectivity index (χ4v) is 2.59. The van der Waals surface area contributed by atoms with Crippen molar-refractivity contribution < 1.29 is 14.3 Å². The molecule has 0 saturated heterocycles. The van der Waals surface area contributed by atoms with E-state index in [4.69, 9.17) is 9.47 Å². The van der Waals surface area contributed by atoms with Crippen molar-refractivity contribution in [2.24, 2.45) is 0 Å². The van der Waals surface area contributed by atoms with E-state index >= 15 is 0 Å². The first-order chi connectivity index (χ1) is 13.3. The molecule has 1 aromatic heterocycles. The maximum absolute atomic E-state index is 13.0. The summed E-state index contributed by atoms with van der Waals surface area (Å²) in [5.41, 5.74) is 0.980. The third-order valence-electron chi connectivity index (χ3n) is 3.76. The Morgan fingerprint density at radius 3 is 2.32 bits per heavy atom. The van der Waals surface area contributed by atoms with Crippen molar-refractivity contribution >= 4 is 17.6 Å². The topological polar surface area (TPSA) is 51.7 Å². The number of hydrogen-bond donors (Lipinski definition) is 0. The number of aromatic nitrogens is 1. The van der Waals surface area contributed by atoms with Crippen molar-refractivity contribution in [2.75, 3.05) is 4.90 Å². The molecule has 2 aromatic carbocycles. The van der Waals surface area contributed by atoms with Gasteiger partial charge in [0.25, 0.3) is 0 Å². The zero-order valence-corrected chi connectivity index (χ0v) is 16.5. The summed E-state index contributed by atoms with van der Waals surface area (Å²) in [6, 6.07) is 20.5. The number of ether oxygens (including phenoxy) is 2. The van der Waals surface area contributed by atoms with Crippen LogP contribution in [0.3, 0.4) is 0 Å². The fourth-order valence-electron chi connectivity index (χ4n) is 2.59. The zero-order chi connectivity index (χ0) is 20.1. The molecule has 5 nitrogen and oxygen atoms in total. The van der Waals surface area contributed by atoms with Gasteiger partial charge in [-0.25, -0.2) is 14.7 Å². The summed E-state index contributed by atoms with van der Waals surface area (Å²) in [5, 5.41) is 0. The minimum atomic E-state index is -0.628. The Morgan fingerprint density at radius 2 is 1.64 bits per heavy atom. The van der Waals surface area contributed by atoms with Gasteiger partial charge in [-0.2, -0.15) is 0 Å². The first kappa shape index (κ1) is 19.4. The number of amides is 1. The SMILES string of the molecule is Cc1ccnc(N(C(=O)OC(C)(C)C)c2cccc(Oc3ccccc3)c2)c1. The number of nitrogens with zero attached hydrogens (tertiary/aromatic N) is 2. The van der Waals surface area contributed by atoms with Crippen LogP contribution in [-0.2, 0) is 4.74 Å². The molecule has 0 fully saturated rings. The third kappa shape index (κ3) is 5.10. The summed E-state index contributed by atoms with van der Waals surface area (Å²) < 4.78 is 11.5. The van der Waals surface area contributed by atoms with Crippen LogP contribution < -0.4 is 9.64 Å². The Hall–Kier alpha value is -3.34. The Balaban J connectivity index is 1.98. The molecule has 3 rings (SSSR count). The molecule has 0 N–H and O–H groups in total. The van der Waals surface area contributed by atoms with Gasteiger partial charge in [0.1, 0.15) is 22.9 Å². The highest BCUT2D eigenvalue weighted by molar-refractivity contribution is 5.95. The number of benzene rings is 2. The molecular weight excluding hydrogens is 352 g/mol. The Kier molecular flexibility index (Phi) is 5.64. The van der Waals surface area contributed by atoms with Crippen LogP contribution in [0, 0.1) is 6.92 Å². The quantitative estimate of drug-likeness (QED) is 0.539. The predicted octanol–water partition coefficient (Wildman–Crippen LogP) is 6.26. The predicted molar refractivity (Wildman–Crippen MR) is 110 cm³/mol. The Bertz CT molecular complexity index is 949. The standard InChI is InChI=1S/C23H24N2O3/c1-17-13-14-24-21(15-17)25(22(26)28-23(2,3)4)18-9-8-12-20(16-18)27-19-10-6-5-7-11-19/h5-16H,1-4H3. The van der Waals surface area contributed by atoms with Gasteiger partial charge in [-0.1, -0.05) is 24.3 Å². The normalized spacial score (nSPS) is 11.0. The summed E-state index contributed by atoms with van der Waals surface area (Å²) in [7, 11) is 0. The molecule has 144 valence electrons. The molecule has 0 aliphatic rings. The largest absolute Gasteiger partial charge is 0.457 e. The molecule has 1 amide bonds. The lowest BCUT2D eigenvalue weighted by molar-refractivity contribution is 0.0598. The van der Waals surface area contributed by atoms with E-state index < -0.39 is 11.7 Å². The van der Waals surface area contributed by atoms with Gasteiger partial charge in [-0.05, 0) is 69.7 Å². The molecule has 28 heavy (non-hydrogen) atoms. The number of carbonyl (C=O) groups excluding carboxylic acids is 1. The molecule has 5 heteroatoms. The average Bonchev–Trinajstić information content (AvgIpc) is 2.62. The molecule has 0 saturated carbocycles. The van der Waals surface area contributed by atoms with Crippen LogP contribution in [0.4, 0.5) is 16.3 Å². The lowest BCUT2D eigenvalue weighted by Gasteiger charge is -2.27. The van der Waals surface area contributed by atoms with Crippen molar-refractivity contribution in [1.82, 2.24) is 4.98 Å². The van der Waals surface area contributed by atoms with E-state index in [0.29, 0.717) is 17.3 Å². The highest BCUT2D eigenvalue weighted by atomic mass is 16.6. The molecule has 3 aromatic rings. The van der Waals surface area contributed by atoms with Crippen molar-refractivity contribution in [3.05, 3.63) is 78.5 Å². The molecule has 0 radical (unpaired) electrons. The zero-order valence-electron chi connectivity index (χ0n) is 16.5. The summed E-state index contributed by atoms with van der Waals surface area (Å²) >= 11 is 0. The molecule has 0 atom stereocenters. The van der Waals surface area contributed by atoms with E-state index in [-0.39, 0.29) is 0 Å². The van der Waals surface area contributed by atoms with Gasteiger partial charge in [-0.3, -0.25) is 0 Å². The van der Waals surface area contributed by atoms with Crippen molar-refractivity contribution in [2.45, 2.75) is 33.3 Å². The second kappa shape index (κ2) is 8.13. The number of hydrogen-bond acceptors (Lipinski definition) is 4. The first-order valence-electron chi connectivity index (χ1n) is 9.10. The van der Waals surface area contributed by atoms with E-state index in [1.165, 1.54) is 4.90 Å². The lowest BCUT2D eigenvalue weighted by Crippen LogP contribution is -2.34. The fraction of sp³-hybridized carbons (Fsp3) is 0.217. The van der Waals surface area contributed by atoms with Crippen LogP contribution in [0.25, 0.3) is 0 Å². The second-order valence-electron chi connectivity index (χ2n) is 7.42. The van der Waals surface area contributed by atoms with Crippen LogP contribution in [0.5, 0.6) is 11.5 Å². The van der Waals surface area contributed by atoms with Gasteiger partial charge in [0.2, 0.25) is 0 Å². The van der Waals surface area contributed by atoms with Gasteiger partial charge in [-0.15, -0.1) is 0 Å². The Morgan fingerprint density at radius 1 is 0.929 bits per heavy atom. The highest BCUT2D eigenvalue weighted by Gasteiger charge is 2.26. The van der Waals surface area contributed by atoms with Gasteiger partial charge in [0.05, 0.1) is 5.69 Å². The maximum Gasteiger partial charge on any atom is 0.420 e. The van der Waals surface area contributed by atoms with E-state index in [0.717, 1.165) is 11.3 Å². The van der Waals surface area contributed by atoms with Gasteiger partial charge >= 0.3 is 6.09 Å². The number of para-hydroxylation sites is 1. The summed E-state index contributed by atoms with van der Waals surface area (Å²) in [5.74, 6) is 1.83. The van der Waals surface area contributed by atoms with Crippen LogP contribution in [0.1, 0.15) is 26.3 Å². The Labute approximate surface area is 165 Å². The van der Waals surface area contributed by atoms with E-state index in [1.807, 2.05) is 88.4 Å². The smallest absolute Gasteiger partial charge is 0.420 e. The van der Waals surface area contributed by atoms with Crippen molar-refractivity contribution in [3.63, 3.8) is 0 Å². The summed E-state index contributed by atoms with van der Waals surface area (Å²) in [6.07, 6.45) is 1.18. The number of pyridine rings is 1. The van der Waals surface area contributed by atoms with Gasteiger partial charge in [0, 0.05) is 12.3 Å². The van der Waals surface area contributed by atoms with Gasteiger partial charge in [0.15, 0.2) is 0 Å². The minimum Gasteiger partial charge on any atom is -0.457 e. The summed E-state index contributed by atoms with van der Waals surface area (Å²) in [4.78, 5) is 18.8. The molecule has 0 aliphatic carbocycles. The third-order valence-corrected chi connectivity index (χ3v) is 3.76. The van der Waals surface area contributed by atoms with Gasteiger partial charge < -0.3 is 9.47 Å². The van der Waals surface area contributed by atoms with E-state index in [1.54, 1.807) is 12.3 Å². The minimum absolute atomic E-state index is 0.492. The molecule has 0 bridgehead atoms. The van der Waals surface area contributed by atoms with Crippen molar-refractivity contribution in [1.29, 1.82) is 0 Å². The molecule has 0 unspecified atom stereocenters. The van der Waals surface area contributed by atoms with E-state index in [9.17, 15) is 4.79 Å². The number of aryl methyl sites for hydroxylation is 1. The number of anilines is 2. The van der Waals surface area contributed by atoms with Crippen LogP contribution in [0.2, 0.25) is 0 Å². The molecular formula is C23H24N2O3.